The first-order valence-corrected chi connectivity index (χ1v) is 7.97. The molecule has 0 spiro atoms. The summed E-state index contributed by atoms with van der Waals surface area (Å²) in [4.78, 5) is 26.8. The van der Waals surface area contributed by atoms with Gasteiger partial charge in [-0.1, -0.05) is 30.8 Å². The zero-order chi connectivity index (χ0) is 16.8. The van der Waals surface area contributed by atoms with Gasteiger partial charge in [0.25, 0.3) is 5.56 Å². The summed E-state index contributed by atoms with van der Waals surface area (Å²) in [5.74, 6) is 0.272. The SMILES string of the molecule is CCc1nn(CC(=O)O)c(SCc2ccc(OC)cc2)nc1=O. The molecule has 1 aromatic carbocycles. The number of aromatic nitrogens is 3. The second-order valence-corrected chi connectivity index (χ2v) is 5.63. The van der Waals surface area contributed by atoms with Gasteiger partial charge in [-0.05, 0) is 24.1 Å². The number of nitrogens with zero attached hydrogens (tertiary/aromatic N) is 3. The van der Waals surface area contributed by atoms with Gasteiger partial charge >= 0.3 is 5.97 Å². The molecule has 0 aliphatic heterocycles. The quantitative estimate of drug-likeness (QED) is 0.768. The highest BCUT2D eigenvalue weighted by Crippen LogP contribution is 2.21. The average molecular weight is 335 g/mol. The molecule has 0 saturated carbocycles. The molecule has 2 rings (SSSR count). The Morgan fingerprint density at radius 3 is 2.61 bits per heavy atom. The lowest BCUT2D eigenvalue weighted by Gasteiger charge is -2.10. The lowest BCUT2D eigenvalue weighted by Crippen LogP contribution is -2.25. The Balaban J connectivity index is 2.21. The van der Waals surface area contributed by atoms with Crippen LogP contribution in [0.3, 0.4) is 0 Å². The van der Waals surface area contributed by atoms with Gasteiger partial charge in [-0.2, -0.15) is 10.1 Å². The molecule has 0 bridgehead atoms. The second-order valence-electron chi connectivity index (χ2n) is 4.69. The molecule has 122 valence electrons. The monoisotopic (exact) mass is 335 g/mol. The Hall–Kier alpha value is -2.35. The minimum Gasteiger partial charge on any atom is -0.497 e. The van der Waals surface area contributed by atoms with E-state index >= 15 is 0 Å². The standard InChI is InChI=1S/C15H17N3O4S/c1-3-12-14(21)16-15(18(17-12)8-13(19)20)23-9-10-4-6-11(22-2)7-5-10/h4-7H,3,8-9H2,1-2H3,(H,19,20). The van der Waals surface area contributed by atoms with Gasteiger partial charge in [-0.25, -0.2) is 4.68 Å². The second kappa shape index (κ2) is 7.77. The van der Waals surface area contributed by atoms with Crippen molar-refractivity contribution in [2.75, 3.05) is 7.11 Å². The van der Waals surface area contributed by atoms with Crippen molar-refractivity contribution in [1.82, 2.24) is 14.8 Å². The number of carbonyl (C=O) groups is 1. The minimum atomic E-state index is -1.03. The van der Waals surface area contributed by atoms with Crippen LogP contribution >= 0.6 is 11.8 Å². The molecular formula is C15H17N3O4S. The van der Waals surface area contributed by atoms with Gasteiger partial charge in [-0.3, -0.25) is 9.59 Å². The molecule has 0 unspecified atom stereocenters. The van der Waals surface area contributed by atoms with Crippen molar-refractivity contribution in [1.29, 1.82) is 0 Å². The molecule has 0 atom stereocenters. The van der Waals surface area contributed by atoms with Crippen molar-refractivity contribution in [2.24, 2.45) is 0 Å². The Morgan fingerprint density at radius 1 is 1.35 bits per heavy atom. The molecule has 0 saturated heterocycles. The maximum Gasteiger partial charge on any atom is 0.325 e. The van der Waals surface area contributed by atoms with Crippen LogP contribution < -0.4 is 10.3 Å². The lowest BCUT2D eigenvalue weighted by atomic mass is 10.2. The molecule has 0 aliphatic carbocycles. The number of carboxylic acids is 1. The Morgan fingerprint density at radius 2 is 2.04 bits per heavy atom. The van der Waals surface area contributed by atoms with Crippen LogP contribution in [-0.4, -0.2) is 33.0 Å². The van der Waals surface area contributed by atoms with Crippen LogP contribution in [0.5, 0.6) is 5.75 Å². The van der Waals surface area contributed by atoms with Gasteiger partial charge in [0, 0.05) is 5.75 Å². The summed E-state index contributed by atoms with van der Waals surface area (Å²) in [5.41, 5.74) is 0.859. The predicted molar refractivity (Wildman–Crippen MR) is 85.9 cm³/mol. The fraction of sp³-hybridized carbons (Fsp3) is 0.333. The van der Waals surface area contributed by atoms with E-state index < -0.39 is 11.5 Å². The third-order valence-corrected chi connectivity index (χ3v) is 4.09. The van der Waals surface area contributed by atoms with Gasteiger partial charge in [0.1, 0.15) is 18.0 Å². The maximum absolute atomic E-state index is 11.8. The van der Waals surface area contributed by atoms with Crippen LogP contribution in [0.2, 0.25) is 0 Å². The zero-order valence-electron chi connectivity index (χ0n) is 12.9. The highest BCUT2D eigenvalue weighted by molar-refractivity contribution is 7.98. The van der Waals surface area contributed by atoms with E-state index in [4.69, 9.17) is 9.84 Å². The smallest absolute Gasteiger partial charge is 0.325 e. The molecular weight excluding hydrogens is 318 g/mol. The number of aliphatic carboxylic acids is 1. The third kappa shape index (κ3) is 4.56. The first kappa shape index (κ1) is 17.0. The van der Waals surface area contributed by atoms with Gasteiger partial charge in [0.2, 0.25) is 0 Å². The highest BCUT2D eigenvalue weighted by Gasteiger charge is 2.12. The molecule has 0 radical (unpaired) electrons. The summed E-state index contributed by atoms with van der Waals surface area (Å²) in [7, 11) is 1.60. The molecule has 1 N–H and O–H groups in total. The predicted octanol–water partition coefficient (Wildman–Crippen LogP) is 1.59. The molecule has 23 heavy (non-hydrogen) atoms. The first-order valence-electron chi connectivity index (χ1n) is 6.99. The van der Waals surface area contributed by atoms with Crippen molar-refractivity contribution in [2.45, 2.75) is 30.8 Å². The van der Waals surface area contributed by atoms with Crippen molar-refractivity contribution in [3.05, 3.63) is 45.9 Å². The number of thioether (sulfide) groups is 1. The van der Waals surface area contributed by atoms with E-state index in [2.05, 4.69) is 10.1 Å². The van der Waals surface area contributed by atoms with Crippen molar-refractivity contribution >= 4 is 17.7 Å². The van der Waals surface area contributed by atoms with Gasteiger partial charge in [0.05, 0.1) is 7.11 Å². The first-order chi connectivity index (χ1) is 11.0. The van der Waals surface area contributed by atoms with Crippen LogP contribution in [0, 0.1) is 0 Å². The number of rotatable bonds is 7. The number of methoxy groups -OCH3 is 1. The number of carboxylic acid groups (broad SMARTS) is 1. The molecule has 0 amide bonds. The van der Waals surface area contributed by atoms with E-state index in [0.717, 1.165) is 11.3 Å². The summed E-state index contributed by atoms with van der Waals surface area (Å²) in [6, 6.07) is 7.48. The van der Waals surface area contributed by atoms with Crippen molar-refractivity contribution in [3.8, 4) is 5.75 Å². The highest BCUT2D eigenvalue weighted by atomic mass is 32.2. The fourth-order valence-corrected chi connectivity index (χ4v) is 2.76. The summed E-state index contributed by atoms with van der Waals surface area (Å²) >= 11 is 1.27. The van der Waals surface area contributed by atoms with Crippen LogP contribution in [0.25, 0.3) is 0 Å². The number of hydrogen-bond acceptors (Lipinski definition) is 6. The van der Waals surface area contributed by atoms with Crippen LogP contribution in [0.4, 0.5) is 0 Å². The third-order valence-electron chi connectivity index (χ3n) is 3.05. The van der Waals surface area contributed by atoms with Crippen LogP contribution in [0.1, 0.15) is 18.2 Å². The van der Waals surface area contributed by atoms with Crippen molar-refractivity contribution < 1.29 is 14.6 Å². The van der Waals surface area contributed by atoms with Crippen LogP contribution in [-0.2, 0) is 23.5 Å². The fourth-order valence-electron chi connectivity index (χ4n) is 1.87. The van der Waals surface area contributed by atoms with Gasteiger partial charge < -0.3 is 9.84 Å². The van der Waals surface area contributed by atoms with E-state index in [0.29, 0.717) is 17.3 Å². The number of hydrogen-bond donors (Lipinski definition) is 1. The Labute approximate surface area is 137 Å². The molecule has 8 heteroatoms. The number of aryl methyl sites for hydroxylation is 1. The minimum absolute atomic E-state index is 0.264. The molecule has 7 nitrogen and oxygen atoms in total. The van der Waals surface area contributed by atoms with E-state index in [1.54, 1.807) is 14.0 Å². The van der Waals surface area contributed by atoms with Gasteiger partial charge in [-0.15, -0.1) is 0 Å². The molecule has 0 aliphatic rings. The molecule has 1 heterocycles. The van der Waals surface area contributed by atoms with E-state index in [-0.39, 0.29) is 12.2 Å². The van der Waals surface area contributed by atoms with E-state index in [9.17, 15) is 9.59 Å². The largest absolute Gasteiger partial charge is 0.497 e. The van der Waals surface area contributed by atoms with Gasteiger partial charge in [0.15, 0.2) is 5.16 Å². The Kier molecular flexibility index (Phi) is 5.75. The molecule has 2 aromatic rings. The van der Waals surface area contributed by atoms with E-state index in [1.807, 2.05) is 24.3 Å². The average Bonchev–Trinajstić information content (AvgIpc) is 2.54. The maximum atomic E-state index is 11.8. The number of ether oxygens (including phenoxy) is 1. The summed E-state index contributed by atoms with van der Waals surface area (Å²) < 4.78 is 6.36. The molecule has 1 aromatic heterocycles. The molecule has 0 fully saturated rings. The van der Waals surface area contributed by atoms with Crippen molar-refractivity contribution in [3.63, 3.8) is 0 Å². The van der Waals surface area contributed by atoms with Crippen LogP contribution in [0.15, 0.2) is 34.2 Å². The summed E-state index contributed by atoms with van der Waals surface area (Å²) in [6.45, 7) is 1.45. The zero-order valence-corrected chi connectivity index (χ0v) is 13.7. The summed E-state index contributed by atoms with van der Waals surface area (Å²) in [6.07, 6.45) is 0.412. The normalized spacial score (nSPS) is 10.5. The summed E-state index contributed by atoms with van der Waals surface area (Å²) in [5, 5.41) is 13.4. The lowest BCUT2D eigenvalue weighted by molar-refractivity contribution is -0.138. The van der Waals surface area contributed by atoms with E-state index in [1.165, 1.54) is 16.4 Å². The topological polar surface area (TPSA) is 94.3 Å². The Bertz CT molecular complexity index is 743. The number of benzene rings is 1.